The molecule has 1 aromatic carbocycles. The number of anilines is 1. The lowest BCUT2D eigenvalue weighted by atomic mass is 9.77. The summed E-state index contributed by atoms with van der Waals surface area (Å²) >= 11 is 5.96. The second-order valence-corrected chi connectivity index (χ2v) is 6.06. The van der Waals surface area contributed by atoms with Gasteiger partial charge in [-0.05, 0) is 18.2 Å². The van der Waals surface area contributed by atoms with E-state index in [1.807, 2.05) is 6.08 Å². The minimum atomic E-state index is -1.24. The molecule has 4 rings (SSSR count). The van der Waals surface area contributed by atoms with Crippen molar-refractivity contribution in [3.8, 4) is 0 Å². The van der Waals surface area contributed by atoms with Gasteiger partial charge in [0.05, 0.1) is 18.6 Å². The standard InChI is InChI=1S/C15H12ClNO4/c16-8-2-1-3-9(6-8)17-7-15-5-4-10(21-15)11(14(19)20)12(15)13(17)18/h1-6,10-12H,7H2,(H,19,20)/p-1/t10-,11-,12-,15-/m1/s1. The van der Waals surface area contributed by atoms with Gasteiger partial charge in [0.15, 0.2) is 0 Å². The van der Waals surface area contributed by atoms with E-state index in [4.69, 9.17) is 16.3 Å². The summed E-state index contributed by atoms with van der Waals surface area (Å²) in [5, 5.41) is 11.9. The van der Waals surface area contributed by atoms with Crippen molar-refractivity contribution in [3.05, 3.63) is 41.4 Å². The molecule has 1 aromatic rings. The maximum atomic E-state index is 12.7. The number of hydrogen-bond donors (Lipinski definition) is 0. The number of aliphatic carboxylic acids is 1. The summed E-state index contributed by atoms with van der Waals surface area (Å²) in [5.74, 6) is -3.14. The highest BCUT2D eigenvalue weighted by Crippen LogP contribution is 2.52. The fraction of sp³-hybridized carbons (Fsp3) is 0.333. The highest BCUT2D eigenvalue weighted by Gasteiger charge is 2.65. The van der Waals surface area contributed by atoms with Gasteiger partial charge in [0, 0.05) is 22.6 Å². The van der Waals surface area contributed by atoms with Crippen LogP contribution in [-0.2, 0) is 14.3 Å². The summed E-state index contributed by atoms with van der Waals surface area (Å²) in [6.45, 7) is 0.299. The average molecular weight is 305 g/mol. The van der Waals surface area contributed by atoms with E-state index < -0.39 is 29.5 Å². The van der Waals surface area contributed by atoms with Gasteiger partial charge in [-0.15, -0.1) is 0 Å². The van der Waals surface area contributed by atoms with Crippen molar-refractivity contribution in [3.63, 3.8) is 0 Å². The smallest absolute Gasteiger partial charge is 0.234 e. The molecule has 3 heterocycles. The Morgan fingerprint density at radius 3 is 3.00 bits per heavy atom. The summed E-state index contributed by atoms with van der Waals surface area (Å²) in [6.07, 6.45) is 2.96. The topological polar surface area (TPSA) is 69.7 Å². The number of carbonyl (C=O) groups excluding carboxylic acids is 2. The Balaban J connectivity index is 1.75. The summed E-state index contributed by atoms with van der Waals surface area (Å²) < 4.78 is 5.78. The third kappa shape index (κ3) is 1.61. The van der Waals surface area contributed by atoms with Crippen LogP contribution >= 0.6 is 11.6 Å². The highest BCUT2D eigenvalue weighted by molar-refractivity contribution is 6.31. The van der Waals surface area contributed by atoms with Crippen molar-refractivity contribution in [1.82, 2.24) is 0 Å². The first kappa shape index (κ1) is 12.9. The lowest BCUT2D eigenvalue weighted by Crippen LogP contribution is -2.45. The van der Waals surface area contributed by atoms with Crippen LogP contribution in [0.3, 0.4) is 0 Å². The average Bonchev–Trinajstić information content (AvgIpc) is 3.07. The maximum Gasteiger partial charge on any atom is 0.234 e. The SMILES string of the molecule is O=C([O-])[C@@H]1[C@H]2C=C[C@]3(CN(c4cccc(Cl)c4)C(=O)[C@@H]13)O2. The number of carboxylic acids is 1. The van der Waals surface area contributed by atoms with E-state index in [1.165, 1.54) is 0 Å². The zero-order chi connectivity index (χ0) is 14.8. The zero-order valence-corrected chi connectivity index (χ0v) is 11.6. The first-order chi connectivity index (χ1) is 10.0. The molecule has 0 saturated carbocycles. The fourth-order valence-electron chi connectivity index (χ4n) is 3.63. The molecular formula is C15H11ClNO4-. The number of rotatable bonds is 2. The van der Waals surface area contributed by atoms with E-state index in [0.717, 1.165) is 0 Å². The maximum absolute atomic E-state index is 12.7. The van der Waals surface area contributed by atoms with Gasteiger partial charge in [-0.2, -0.15) is 0 Å². The molecule has 4 atom stereocenters. The van der Waals surface area contributed by atoms with Crippen LogP contribution in [0.25, 0.3) is 0 Å². The van der Waals surface area contributed by atoms with Crippen molar-refractivity contribution >= 4 is 29.2 Å². The quantitative estimate of drug-likeness (QED) is 0.741. The van der Waals surface area contributed by atoms with E-state index in [2.05, 4.69) is 0 Å². The van der Waals surface area contributed by atoms with Gasteiger partial charge in [0.1, 0.15) is 5.60 Å². The van der Waals surface area contributed by atoms with Crippen LogP contribution in [-0.4, -0.2) is 30.1 Å². The normalized spacial score (nSPS) is 36.3. The number of fused-ring (bicyclic) bond motifs is 1. The van der Waals surface area contributed by atoms with Crippen LogP contribution in [0.4, 0.5) is 5.69 Å². The van der Waals surface area contributed by atoms with Crippen molar-refractivity contribution in [2.45, 2.75) is 11.7 Å². The molecule has 0 unspecified atom stereocenters. The molecule has 1 spiro atoms. The Morgan fingerprint density at radius 1 is 1.48 bits per heavy atom. The van der Waals surface area contributed by atoms with Gasteiger partial charge in [-0.25, -0.2) is 0 Å². The first-order valence-corrected chi connectivity index (χ1v) is 7.05. The summed E-state index contributed by atoms with van der Waals surface area (Å²) in [7, 11) is 0. The predicted octanol–water partition coefficient (Wildman–Crippen LogP) is 0.376. The predicted molar refractivity (Wildman–Crippen MR) is 72.5 cm³/mol. The lowest BCUT2D eigenvalue weighted by Gasteiger charge is -2.24. The molecule has 6 heteroatoms. The lowest BCUT2D eigenvalue weighted by molar-refractivity contribution is -0.313. The molecule has 108 valence electrons. The molecule has 3 aliphatic rings. The Hall–Kier alpha value is -1.85. The summed E-state index contributed by atoms with van der Waals surface area (Å²) in [5.41, 5.74) is -0.205. The van der Waals surface area contributed by atoms with Crippen molar-refractivity contribution < 1.29 is 19.4 Å². The zero-order valence-electron chi connectivity index (χ0n) is 10.9. The van der Waals surface area contributed by atoms with Crippen LogP contribution in [0, 0.1) is 11.8 Å². The van der Waals surface area contributed by atoms with Crippen LogP contribution in [0.2, 0.25) is 5.02 Å². The molecule has 0 N–H and O–H groups in total. The molecular weight excluding hydrogens is 294 g/mol. The minimum Gasteiger partial charge on any atom is -0.550 e. The van der Waals surface area contributed by atoms with E-state index >= 15 is 0 Å². The van der Waals surface area contributed by atoms with E-state index in [1.54, 1.807) is 35.2 Å². The first-order valence-electron chi connectivity index (χ1n) is 6.67. The number of ether oxygens (including phenoxy) is 1. The van der Waals surface area contributed by atoms with Gasteiger partial charge in [-0.3, -0.25) is 4.79 Å². The molecule has 2 saturated heterocycles. The Kier molecular flexibility index (Phi) is 2.50. The van der Waals surface area contributed by atoms with Crippen LogP contribution in [0.5, 0.6) is 0 Å². The van der Waals surface area contributed by atoms with Gasteiger partial charge in [0.25, 0.3) is 0 Å². The molecule has 3 aliphatic heterocycles. The molecule has 5 nitrogen and oxygen atoms in total. The molecule has 0 radical (unpaired) electrons. The monoisotopic (exact) mass is 304 g/mol. The fourth-order valence-corrected chi connectivity index (χ4v) is 3.81. The van der Waals surface area contributed by atoms with E-state index in [9.17, 15) is 14.7 Å². The highest BCUT2D eigenvalue weighted by atomic mass is 35.5. The van der Waals surface area contributed by atoms with E-state index in [-0.39, 0.29) is 5.91 Å². The van der Waals surface area contributed by atoms with Crippen molar-refractivity contribution in [1.29, 1.82) is 0 Å². The summed E-state index contributed by atoms with van der Waals surface area (Å²) in [4.78, 5) is 25.6. The van der Waals surface area contributed by atoms with E-state index in [0.29, 0.717) is 17.3 Å². The largest absolute Gasteiger partial charge is 0.550 e. The van der Waals surface area contributed by atoms with Gasteiger partial charge >= 0.3 is 0 Å². The number of amides is 1. The molecule has 2 bridgehead atoms. The molecule has 2 fully saturated rings. The van der Waals surface area contributed by atoms with Gasteiger partial charge in [0.2, 0.25) is 5.91 Å². The summed E-state index contributed by atoms with van der Waals surface area (Å²) in [6, 6.07) is 6.92. The third-order valence-electron chi connectivity index (χ3n) is 4.49. The van der Waals surface area contributed by atoms with Crippen molar-refractivity contribution in [2.24, 2.45) is 11.8 Å². The number of nitrogens with zero attached hydrogens (tertiary/aromatic N) is 1. The van der Waals surface area contributed by atoms with Crippen molar-refractivity contribution in [2.75, 3.05) is 11.4 Å². The Labute approximate surface area is 125 Å². The number of benzene rings is 1. The number of halogens is 1. The third-order valence-corrected chi connectivity index (χ3v) is 4.73. The van der Waals surface area contributed by atoms with Crippen LogP contribution in [0.1, 0.15) is 0 Å². The second-order valence-electron chi connectivity index (χ2n) is 5.62. The molecule has 1 amide bonds. The number of carbonyl (C=O) groups is 2. The van der Waals surface area contributed by atoms with Gasteiger partial charge < -0.3 is 19.5 Å². The Morgan fingerprint density at radius 2 is 2.29 bits per heavy atom. The van der Waals surface area contributed by atoms with Gasteiger partial charge in [-0.1, -0.05) is 29.8 Å². The number of carboxylic acid groups (broad SMARTS) is 1. The number of hydrogen-bond acceptors (Lipinski definition) is 4. The molecule has 21 heavy (non-hydrogen) atoms. The minimum absolute atomic E-state index is 0.252. The van der Waals surface area contributed by atoms with Crippen LogP contribution in [0.15, 0.2) is 36.4 Å². The second kappa shape index (κ2) is 4.08. The van der Waals surface area contributed by atoms with Crippen LogP contribution < -0.4 is 10.0 Å². The molecule has 0 aliphatic carbocycles. The molecule has 0 aromatic heterocycles. The Bertz CT molecular complexity index is 688.